The van der Waals surface area contributed by atoms with E-state index in [9.17, 15) is 10.2 Å². The van der Waals surface area contributed by atoms with Gasteiger partial charge in [-0.3, -0.25) is 0 Å². The molecule has 0 fully saturated rings. The Labute approximate surface area is 188 Å². The quantitative estimate of drug-likeness (QED) is 0.366. The highest BCUT2D eigenvalue weighted by molar-refractivity contribution is 6.87. The van der Waals surface area contributed by atoms with E-state index in [0.29, 0.717) is 24.3 Å². The van der Waals surface area contributed by atoms with Crippen LogP contribution in [0.25, 0.3) is 0 Å². The Hall–Kier alpha value is -2.26. The number of rotatable bonds is 12. The standard InChI is InChI=1S/C26H36O4Si/c1-4-31(5-2,6-3)18-12-15-23(27)20-29-25-16-10-11-17-26(25)30-21-24(28)19-22-13-8-7-9-14-22/h7-11,13-14,16-17,23-24,27-28H,4-6,15,19-21H2,1-3H3/t23-,24+/m1/s1. The molecule has 2 atom stereocenters. The van der Waals surface area contributed by atoms with Gasteiger partial charge in [-0.05, 0) is 35.8 Å². The summed E-state index contributed by atoms with van der Waals surface area (Å²) in [6.07, 6.45) is -0.328. The van der Waals surface area contributed by atoms with Gasteiger partial charge in [0.15, 0.2) is 11.5 Å². The number of hydrogen-bond acceptors (Lipinski definition) is 4. The molecule has 0 aliphatic rings. The molecule has 2 rings (SSSR count). The summed E-state index contributed by atoms with van der Waals surface area (Å²) >= 11 is 0. The zero-order chi connectivity index (χ0) is 22.5. The number of aliphatic hydroxyl groups excluding tert-OH is 2. The lowest BCUT2D eigenvalue weighted by Crippen LogP contribution is -2.29. The topological polar surface area (TPSA) is 58.9 Å². The SMILES string of the molecule is CC[Si](C#CC[C@@H](O)COc1ccccc1OC[C@@H](O)Cc1ccccc1)(CC)CC. The zero-order valence-electron chi connectivity index (χ0n) is 19.0. The molecule has 0 heterocycles. The number of hydrogen-bond donors (Lipinski definition) is 2. The Morgan fingerprint density at radius 3 is 1.84 bits per heavy atom. The van der Waals surface area contributed by atoms with Crippen LogP contribution in [0, 0.1) is 11.5 Å². The van der Waals surface area contributed by atoms with Gasteiger partial charge < -0.3 is 19.7 Å². The molecule has 0 saturated heterocycles. The van der Waals surface area contributed by atoms with E-state index in [1.807, 2.05) is 42.5 Å². The van der Waals surface area contributed by atoms with Crippen LogP contribution in [0.3, 0.4) is 0 Å². The number of benzene rings is 2. The molecule has 0 radical (unpaired) electrons. The van der Waals surface area contributed by atoms with Crippen molar-refractivity contribution in [2.24, 2.45) is 0 Å². The predicted octanol–water partition coefficient (Wildman–Crippen LogP) is 4.85. The molecule has 0 bridgehead atoms. The summed E-state index contributed by atoms with van der Waals surface area (Å²) in [7, 11) is -1.49. The molecular weight excluding hydrogens is 404 g/mol. The fourth-order valence-electron chi connectivity index (χ4n) is 3.44. The lowest BCUT2D eigenvalue weighted by molar-refractivity contribution is 0.0951. The lowest BCUT2D eigenvalue weighted by atomic mass is 10.1. The first-order valence-electron chi connectivity index (χ1n) is 11.3. The van der Waals surface area contributed by atoms with Gasteiger partial charge in [-0.2, -0.15) is 0 Å². The normalized spacial score (nSPS) is 13.1. The highest BCUT2D eigenvalue weighted by Crippen LogP contribution is 2.27. The van der Waals surface area contributed by atoms with E-state index in [1.165, 1.54) is 0 Å². The van der Waals surface area contributed by atoms with Crippen LogP contribution < -0.4 is 9.47 Å². The Morgan fingerprint density at radius 2 is 1.29 bits per heavy atom. The molecule has 168 valence electrons. The number of aliphatic hydroxyl groups is 2. The second-order valence-corrected chi connectivity index (χ2v) is 12.8. The molecule has 5 heteroatoms. The summed E-state index contributed by atoms with van der Waals surface area (Å²) < 4.78 is 11.6. The Balaban J connectivity index is 1.85. The maximum atomic E-state index is 10.3. The first kappa shape index (κ1) is 25.0. The van der Waals surface area contributed by atoms with Crippen molar-refractivity contribution < 1.29 is 19.7 Å². The fraction of sp³-hybridized carbons (Fsp3) is 0.462. The van der Waals surface area contributed by atoms with E-state index in [4.69, 9.17) is 9.47 Å². The van der Waals surface area contributed by atoms with Crippen LogP contribution in [0.4, 0.5) is 0 Å². The van der Waals surface area contributed by atoms with Crippen molar-refractivity contribution >= 4 is 8.07 Å². The van der Waals surface area contributed by atoms with Gasteiger partial charge in [0.2, 0.25) is 0 Å². The summed E-state index contributed by atoms with van der Waals surface area (Å²) in [6.45, 7) is 6.99. The van der Waals surface area contributed by atoms with Crippen molar-refractivity contribution in [3.05, 3.63) is 60.2 Å². The molecule has 0 aliphatic heterocycles. The molecule has 2 N–H and O–H groups in total. The summed E-state index contributed by atoms with van der Waals surface area (Å²) in [4.78, 5) is 0. The van der Waals surface area contributed by atoms with Crippen LogP contribution in [0.5, 0.6) is 11.5 Å². The average Bonchev–Trinajstić information content (AvgIpc) is 2.80. The molecular formula is C26H36O4Si. The number of para-hydroxylation sites is 2. The lowest BCUT2D eigenvalue weighted by Gasteiger charge is -2.20. The molecule has 2 aromatic rings. The minimum absolute atomic E-state index is 0.153. The van der Waals surface area contributed by atoms with E-state index in [2.05, 4.69) is 32.2 Å². The zero-order valence-corrected chi connectivity index (χ0v) is 20.0. The molecule has 0 spiro atoms. The van der Waals surface area contributed by atoms with Gasteiger partial charge in [0, 0.05) is 12.8 Å². The molecule has 2 aromatic carbocycles. The molecule has 0 amide bonds. The van der Waals surface area contributed by atoms with Crippen LogP contribution in [0.1, 0.15) is 32.8 Å². The predicted molar refractivity (Wildman–Crippen MR) is 129 cm³/mol. The summed E-state index contributed by atoms with van der Waals surface area (Å²) in [5, 5.41) is 20.6. The highest BCUT2D eigenvalue weighted by atomic mass is 28.3. The van der Waals surface area contributed by atoms with Gasteiger partial charge >= 0.3 is 0 Å². The summed E-state index contributed by atoms with van der Waals surface area (Å²) in [5.74, 6) is 4.32. The van der Waals surface area contributed by atoms with Crippen molar-refractivity contribution in [3.63, 3.8) is 0 Å². The summed E-state index contributed by atoms with van der Waals surface area (Å²) in [5.41, 5.74) is 4.56. The maximum absolute atomic E-state index is 10.3. The second-order valence-electron chi connectivity index (χ2n) is 7.91. The van der Waals surface area contributed by atoms with Crippen molar-refractivity contribution in [2.75, 3.05) is 13.2 Å². The summed E-state index contributed by atoms with van der Waals surface area (Å²) in [6, 6.07) is 20.6. The van der Waals surface area contributed by atoms with E-state index in [1.54, 1.807) is 12.1 Å². The van der Waals surface area contributed by atoms with Gasteiger partial charge in [0.05, 0.1) is 12.2 Å². The van der Waals surface area contributed by atoms with Gasteiger partial charge in [-0.15, -0.1) is 11.5 Å². The van der Waals surface area contributed by atoms with Crippen molar-refractivity contribution in [2.45, 2.75) is 64.0 Å². The van der Waals surface area contributed by atoms with Crippen molar-refractivity contribution in [1.82, 2.24) is 0 Å². The van der Waals surface area contributed by atoms with E-state index in [-0.39, 0.29) is 13.2 Å². The molecule has 0 aromatic heterocycles. The monoisotopic (exact) mass is 440 g/mol. The second kappa shape index (κ2) is 13.2. The first-order valence-corrected chi connectivity index (χ1v) is 13.9. The third-order valence-corrected chi connectivity index (χ3v) is 10.5. The maximum Gasteiger partial charge on any atom is 0.161 e. The van der Waals surface area contributed by atoms with Crippen LogP contribution in [0.2, 0.25) is 18.1 Å². The third-order valence-electron chi connectivity index (χ3n) is 5.75. The minimum Gasteiger partial charge on any atom is -0.487 e. The minimum atomic E-state index is -1.49. The van der Waals surface area contributed by atoms with Gasteiger partial charge in [0.25, 0.3) is 0 Å². The molecule has 0 aliphatic carbocycles. The molecule has 0 saturated carbocycles. The van der Waals surface area contributed by atoms with E-state index in [0.717, 1.165) is 23.7 Å². The largest absolute Gasteiger partial charge is 0.487 e. The highest BCUT2D eigenvalue weighted by Gasteiger charge is 2.24. The van der Waals surface area contributed by atoms with E-state index >= 15 is 0 Å². The molecule has 4 nitrogen and oxygen atoms in total. The Morgan fingerprint density at radius 1 is 0.774 bits per heavy atom. The van der Waals surface area contributed by atoms with Crippen LogP contribution >= 0.6 is 0 Å². The van der Waals surface area contributed by atoms with Crippen molar-refractivity contribution in [1.29, 1.82) is 0 Å². The van der Waals surface area contributed by atoms with E-state index < -0.39 is 20.3 Å². The Bertz CT molecular complexity index is 816. The van der Waals surface area contributed by atoms with Gasteiger partial charge in [-0.25, -0.2) is 0 Å². The third kappa shape index (κ3) is 8.41. The first-order chi connectivity index (χ1) is 15.0. The smallest absolute Gasteiger partial charge is 0.161 e. The fourth-order valence-corrected chi connectivity index (χ4v) is 5.94. The van der Waals surface area contributed by atoms with Crippen LogP contribution in [-0.4, -0.2) is 43.7 Å². The van der Waals surface area contributed by atoms with Gasteiger partial charge in [-0.1, -0.05) is 63.2 Å². The molecule has 0 unspecified atom stereocenters. The van der Waals surface area contributed by atoms with Gasteiger partial charge in [0.1, 0.15) is 21.3 Å². The molecule has 31 heavy (non-hydrogen) atoms. The Kier molecular flexibility index (Phi) is 10.7. The van der Waals surface area contributed by atoms with Crippen LogP contribution in [-0.2, 0) is 6.42 Å². The van der Waals surface area contributed by atoms with Crippen LogP contribution in [0.15, 0.2) is 54.6 Å². The van der Waals surface area contributed by atoms with Crippen molar-refractivity contribution in [3.8, 4) is 23.0 Å². The number of ether oxygens (including phenoxy) is 2. The average molecular weight is 441 g/mol.